The molecule has 2 aliphatic rings. The Hall–Kier alpha value is -1.71. The van der Waals surface area contributed by atoms with Crippen LogP contribution in [0.15, 0.2) is 35.3 Å². The van der Waals surface area contributed by atoms with E-state index in [0.29, 0.717) is 12.5 Å². The zero-order chi connectivity index (χ0) is 19.0. The maximum absolute atomic E-state index is 13.2. The van der Waals surface area contributed by atoms with Crippen LogP contribution in [0.2, 0.25) is 5.02 Å². The van der Waals surface area contributed by atoms with Crippen molar-refractivity contribution in [2.75, 3.05) is 26.2 Å². The topological polar surface area (TPSA) is 15.6 Å². The fourth-order valence-corrected chi connectivity index (χ4v) is 4.71. The largest absolute Gasteiger partial charge is 0.300 e. The number of alkyl halides is 1. The normalized spacial score (nSPS) is 18.7. The molecule has 1 fully saturated rings. The number of rotatable bonds is 4. The molecule has 2 nitrogen and oxygen atoms in total. The van der Waals surface area contributed by atoms with Gasteiger partial charge in [-0.05, 0) is 68.5 Å². The molecular weight excluding hydrogens is 359 g/mol. The third kappa shape index (κ3) is 3.81. The van der Waals surface area contributed by atoms with Crippen LogP contribution in [0.5, 0.6) is 0 Å². The number of hydrogen-bond acceptors (Lipinski definition) is 2. The lowest BCUT2D eigenvalue weighted by Gasteiger charge is -2.32. The summed E-state index contributed by atoms with van der Waals surface area (Å²) in [7, 11) is 0. The van der Waals surface area contributed by atoms with E-state index in [9.17, 15) is 4.39 Å². The van der Waals surface area contributed by atoms with E-state index < -0.39 is 6.17 Å². The van der Waals surface area contributed by atoms with Crippen LogP contribution in [0.1, 0.15) is 36.8 Å². The lowest BCUT2D eigenvalue weighted by molar-refractivity contribution is 0.165. The Bertz CT molecular complexity index is 942. The van der Waals surface area contributed by atoms with Gasteiger partial charge in [0, 0.05) is 17.3 Å². The van der Waals surface area contributed by atoms with Gasteiger partial charge in [-0.15, -0.1) is 0 Å². The van der Waals surface area contributed by atoms with Gasteiger partial charge in [-0.3, -0.25) is 4.99 Å². The van der Waals surface area contributed by atoms with E-state index in [0.717, 1.165) is 54.0 Å². The van der Waals surface area contributed by atoms with E-state index in [2.05, 4.69) is 53.2 Å². The van der Waals surface area contributed by atoms with Crippen molar-refractivity contribution in [3.05, 3.63) is 57.1 Å². The predicted molar refractivity (Wildman–Crippen MR) is 111 cm³/mol. The zero-order valence-corrected chi connectivity index (χ0v) is 16.8. The van der Waals surface area contributed by atoms with E-state index in [1.165, 1.54) is 16.3 Å². The van der Waals surface area contributed by atoms with Gasteiger partial charge in [0.05, 0.1) is 16.9 Å². The highest BCUT2D eigenvalue weighted by molar-refractivity contribution is 6.33. The Labute approximate surface area is 165 Å². The minimum absolute atomic E-state index is 0.560. The van der Waals surface area contributed by atoms with Gasteiger partial charge in [-0.2, -0.15) is 0 Å². The van der Waals surface area contributed by atoms with Crippen molar-refractivity contribution in [3.8, 4) is 11.1 Å². The Morgan fingerprint density at radius 2 is 1.93 bits per heavy atom. The minimum Gasteiger partial charge on any atom is -0.300 e. The summed E-state index contributed by atoms with van der Waals surface area (Å²) in [6, 6.07) is 11.0. The molecule has 0 aromatic heterocycles. The van der Waals surface area contributed by atoms with Crippen LogP contribution in [0.25, 0.3) is 17.2 Å². The first-order valence-corrected chi connectivity index (χ1v) is 10.2. The molecule has 0 N–H and O–H groups in total. The molecule has 0 amide bonds. The summed E-state index contributed by atoms with van der Waals surface area (Å²) < 4.78 is 13.2. The van der Waals surface area contributed by atoms with Gasteiger partial charge in [-0.1, -0.05) is 41.9 Å². The summed E-state index contributed by atoms with van der Waals surface area (Å²) in [6.07, 6.45) is 3.59. The molecule has 2 heterocycles. The van der Waals surface area contributed by atoms with Crippen molar-refractivity contribution in [2.45, 2.75) is 38.8 Å². The van der Waals surface area contributed by atoms with Gasteiger partial charge in [0.15, 0.2) is 0 Å². The number of aryl methyl sites for hydroxylation is 1. The molecule has 27 heavy (non-hydrogen) atoms. The highest BCUT2D eigenvalue weighted by atomic mass is 35.5. The lowest BCUT2D eigenvalue weighted by atomic mass is 9.88. The highest BCUT2D eigenvalue weighted by Crippen LogP contribution is 2.31. The van der Waals surface area contributed by atoms with Crippen LogP contribution in [0.3, 0.4) is 0 Å². The minimum atomic E-state index is -0.745. The molecule has 0 spiro atoms. The van der Waals surface area contributed by atoms with E-state index in [4.69, 9.17) is 11.6 Å². The van der Waals surface area contributed by atoms with E-state index >= 15 is 0 Å². The Morgan fingerprint density at radius 3 is 2.59 bits per heavy atom. The number of nitrogens with zero attached hydrogens (tertiary/aromatic N) is 2. The van der Waals surface area contributed by atoms with Crippen molar-refractivity contribution < 1.29 is 4.39 Å². The van der Waals surface area contributed by atoms with Crippen LogP contribution < -0.4 is 10.6 Å². The summed E-state index contributed by atoms with van der Waals surface area (Å²) in [5.74, 6) is 0.562. The average Bonchev–Trinajstić information content (AvgIpc) is 3.16. The van der Waals surface area contributed by atoms with E-state index in [1.54, 1.807) is 6.92 Å². The SMILES string of the molecule is Cc1cc(-c2ccc(C3CCN(CC(C)F)CC3)cc2)c(Cl)c2c1=CCN=2. The van der Waals surface area contributed by atoms with Gasteiger partial charge in [0.2, 0.25) is 0 Å². The molecule has 0 aliphatic carbocycles. The smallest absolute Gasteiger partial charge is 0.110 e. The number of piperidine rings is 1. The third-order valence-corrected chi connectivity index (χ3v) is 6.20. The van der Waals surface area contributed by atoms with Crippen LogP contribution in [0, 0.1) is 6.92 Å². The predicted octanol–water partition coefficient (Wildman–Crippen LogP) is 4.27. The highest BCUT2D eigenvalue weighted by Gasteiger charge is 2.21. The second kappa shape index (κ2) is 7.73. The fraction of sp³-hybridized carbons (Fsp3) is 0.435. The molecule has 142 valence electrons. The molecule has 0 radical (unpaired) electrons. The first-order chi connectivity index (χ1) is 13.0. The average molecular weight is 385 g/mol. The van der Waals surface area contributed by atoms with Crippen LogP contribution in [0.4, 0.5) is 4.39 Å². The standard InChI is InChI=1S/C23H26ClFN2/c1-15-13-21(22(24)23-20(15)7-10-26-23)19-5-3-17(4-6-19)18-8-11-27(12-9-18)14-16(2)25/h3-7,13,16,18H,8-12,14H2,1-2H3. The monoisotopic (exact) mass is 384 g/mol. The lowest BCUT2D eigenvalue weighted by Crippen LogP contribution is -2.36. The molecule has 1 atom stereocenters. The van der Waals surface area contributed by atoms with Crippen molar-refractivity contribution in [1.82, 2.24) is 4.90 Å². The molecule has 0 bridgehead atoms. The molecule has 2 aromatic carbocycles. The Kier molecular flexibility index (Phi) is 5.34. The fourth-order valence-electron chi connectivity index (χ4n) is 4.38. The second-order valence-corrected chi connectivity index (χ2v) is 8.22. The van der Waals surface area contributed by atoms with Gasteiger partial charge in [-0.25, -0.2) is 4.39 Å². The van der Waals surface area contributed by atoms with Crippen molar-refractivity contribution in [2.24, 2.45) is 4.99 Å². The number of hydrogen-bond donors (Lipinski definition) is 0. The quantitative estimate of drug-likeness (QED) is 0.768. The van der Waals surface area contributed by atoms with Crippen molar-refractivity contribution in [1.29, 1.82) is 0 Å². The summed E-state index contributed by atoms with van der Waals surface area (Å²) in [5.41, 5.74) is 4.80. The summed E-state index contributed by atoms with van der Waals surface area (Å²) in [4.78, 5) is 6.78. The van der Waals surface area contributed by atoms with Crippen LogP contribution in [-0.4, -0.2) is 37.3 Å². The number of fused-ring (bicyclic) bond motifs is 1. The zero-order valence-electron chi connectivity index (χ0n) is 16.0. The molecule has 4 heteroatoms. The first-order valence-electron chi connectivity index (χ1n) is 9.83. The maximum atomic E-state index is 13.2. The molecule has 0 saturated carbocycles. The van der Waals surface area contributed by atoms with Crippen LogP contribution >= 0.6 is 11.6 Å². The van der Waals surface area contributed by atoms with E-state index in [-0.39, 0.29) is 0 Å². The molecule has 2 aliphatic heterocycles. The second-order valence-electron chi connectivity index (χ2n) is 7.84. The van der Waals surface area contributed by atoms with Crippen LogP contribution in [-0.2, 0) is 0 Å². The summed E-state index contributed by atoms with van der Waals surface area (Å²) in [6.45, 7) is 7.00. The third-order valence-electron chi connectivity index (χ3n) is 5.82. The molecular formula is C23H26ClFN2. The molecule has 2 aromatic rings. The van der Waals surface area contributed by atoms with Gasteiger partial charge >= 0.3 is 0 Å². The number of likely N-dealkylation sites (tertiary alicyclic amines) is 1. The van der Waals surface area contributed by atoms with Gasteiger partial charge in [0.25, 0.3) is 0 Å². The Balaban J connectivity index is 1.53. The number of halogens is 2. The van der Waals surface area contributed by atoms with Crippen molar-refractivity contribution >= 4 is 17.7 Å². The van der Waals surface area contributed by atoms with Crippen molar-refractivity contribution in [3.63, 3.8) is 0 Å². The molecule has 1 unspecified atom stereocenters. The van der Waals surface area contributed by atoms with Gasteiger partial charge < -0.3 is 4.90 Å². The molecule has 1 saturated heterocycles. The maximum Gasteiger partial charge on any atom is 0.110 e. The van der Waals surface area contributed by atoms with E-state index in [1.807, 2.05) is 0 Å². The molecule has 4 rings (SSSR count). The van der Waals surface area contributed by atoms with Gasteiger partial charge in [0.1, 0.15) is 6.17 Å². The Morgan fingerprint density at radius 1 is 1.22 bits per heavy atom. The summed E-state index contributed by atoms with van der Waals surface area (Å²) >= 11 is 6.66. The summed E-state index contributed by atoms with van der Waals surface area (Å²) in [5, 5.41) is 2.87. The number of benzene rings is 2. The first kappa shape index (κ1) is 18.6.